The maximum Gasteiger partial charge on any atom is 0.301 e. The Hall–Kier alpha value is -2.51. The third-order valence-corrected chi connectivity index (χ3v) is 2.48. The molecule has 2 rings (SSSR count). The number of nitro benzene ring substituents is 2. The van der Waals surface area contributed by atoms with E-state index < -0.39 is 9.85 Å². The van der Waals surface area contributed by atoms with E-state index in [0.29, 0.717) is 5.92 Å². The molecule has 1 aliphatic rings. The van der Waals surface area contributed by atoms with Gasteiger partial charge in [-0.15, -0.1) is 0 Å². The van der Waals surface area contributed by atoms with Crippen LogP contribution in [0.15, 0.2) is 23.3 Å². The second-order valence-electron chi connectivity index (χ2n) is 3.94. The standard InChI is InChI=1S/C10H10N4O4/c15-13(16)8-3-4-9(10(5-8)14(17)18)12-11-6-7-1-2-7/h3-7,12H,1-2H2. The topological polar surface area (TPSA) is 111 Å². The summed E-state index contributed by atoms with van der Waals surface area (Å²) in [6, 6.07) is 3.39. The van der Waals surface area contributed by atoms with Crippen molar-refractivity contribution in [2.45, 2.75) is 12.8 Å². The molecule has 94 valence electrons. The Morgan fingerprint density at radius 2 is 2.00 bits per heavy atom. The Balaban J connectivity index is 2.21. The summed E-state index contributed by atoms with van der Waals surface area (Å²) in [5.74, 6) is 0.439. The molecular weight excluding hydrogens is 240 g/mol. The molecule has 8 nitrogen and oxygen atoms in total. The van der Waals surface area contributed by atoms with Crippen molar-refractivity contribution in [3.63, 3.8) is 0 Å². The maximum atomic E-state index is 10.8. The van der Waals surface area contributed by atoms with Crippen LogP contribution in [0.5, 0.6) is 0 Å². The van der Waals surface area contributed by atoms with Gasteiger partial charge in [-0.25, -0.2) is 0 Å². The molecular formula is C10H10N4O4. The van der Waals surface area contributed by atoms with E-state index in [1.807, 2.05) is 0 Å². The fraction of sp³-hybridized carbons (Fsp3) is 0.300. The molecule has 8 heteroatoms. The van der Waals surface area contributed by atoms with E-state index >= 15 is 0 Å². The third kappa shape index (κ3) is 2.78. The number of hydrazone groups is 1. The Kier molecular flexibility index (Phi) is 3.18. The van der Waals surface area contributed by atoms with E-state index in [0.717, 1.165) is 18.9 Å². The lowest BCUT2D eigenvalue weighted by Crippen LogP contribution is -1.98. The van der Waals surface area contributed by atoms with Gasteiger partial charge in [-0.1, -0.05) is 0 Å². The number of nitrogens with one attached hydrogen (secondary N) is 1. The van der Waals surface area contributed by atoms with Crippen molar-refractivity contribution in [1.29, 1.82) is 0 Å². The van der Waals surface area contributed by atoms with Crippen molar-refractivity contribution in [3.8, 4) is 0 Å². The second kappa shape index (κ2) is 4.78. The minimum atomic E-state index is -0.679. The fourth-order valence-electron chi connectivity index (χ4n) is 1.34. The molecule has 0 saturated heterocycles. The van der Waals surface area contributed by atoms with E-state index in [1.165, 1.54) is 12.1 Å². The van der Waals surface area contributed by atoms with E-state index in [-0.39, 0.29) is 17.1 Å². The number of non-ortho nitro benzene ring substituents is 1. The third-order valence-electron chi connectivity index (χ3n) is 2.48. The Morgan fingerprint density at radius 3 is 2.56 bits per heavy atom. The monoisotopic (exact) mass is 250 g/mol. The summed E-state index contributed by atoms with van der Waals surface area (Å²) in [5.41, 5.74) is 1.99. The number of rotatable bonds is 5. The molecule has 18 heavy (non-hydrogen) atoms. The zero-order valence-corrected chi connectivity index (χ0v) is 9.28. The van der Waals surface area contributed by atoms with E-state index in [1.54, 1.807) is 6.21 Å². The highest BCUT2D eigenvalue weighted by Crippen LogP contribution is 2.29. The van der Waals surface area contributed by atoms with Crippen LogP contribution in [0.2, 0.25) is 0 Å². The molecule has 1 aromatic carbocycles. The lowest BCUT2D eigenvalue weighted by atomic mass is 10.2. The normalized spacial score (nSPS) is 14.7. The van der Waals surface area contributed by atoms with Crippen LogP contribution in [-0.4, -0.2) is 16.1 Å². The lowest BCUT2D eigenvalue weighted by molar-refractivity contribution is -0.393. The van der Waals surface area contributed by atoms with Crippen LogP contribution < -0.4 is 5.43 Å². The molecule has 0 heterocycles. The van der Waals surface area contributed by atoms with Crippen molar-refractivity contribution in [3.05, 3.63) is 38.4 Å². The quantitative estimate of drug-likeness (QED) is 0.489. The minimum absolute atomic E-state index is 0.141. The number of anilines is 1. The summed E-state index contributed by atoms with van der Waals surface area (Å²) in [5, 5.41) is 25.2. The number of hydrogen-bond donors (Lipinski definition) is 1. The van der Waals surface area contributed by atoms with E-state index in [2.05, 4.69) is 10.5 Å². The largest absolute Gasteiger partial charge is 0.301 e. The van der Waals surface area contributed by atoms with Gasteiger partial charge >= 0.3 is 5.69 Å². The van der Waals surface area contributed by atoms with Crippen molar-refractivity contribution < 1.29 is 9.85 Å². The summed E-state index contributed by atoms with van der Waals surface area (Å²) >= 11 is 0. The summed E-state index contributed by atoms with van der Waals surface area (Å²) < 4.78 is 0. The van der Waals surface area contributed by atoms with Gasteiger partial charge in [0.25, 0.3) is 5.69 Å². The first-order valence-corrected chi connectivity index (χ1v) is 5.30. The van der Waals surface area contributed by atoms with Crippen LogP contribution in [0.3, 0.4) is 0 Å². The number of nitro groups is 2. The lowest BCUT2D eigenvalue weighted by Gasteiger charge is -2.01. The first-order valence-electron chi connectivity index (χ1n) is 5.30. The molecule has 1 saturated carbocycles. The van der Waals surface area contributed by atoms with E-state index in [4.69, 9.17) is 0 Å². The molecule has 0 atom stereocenters. The predicted molar refractivity (Wildman–Crippen MR) is 64.6 cm³/mol. The van der Waals surface area contributed by atoms with Gasteiger partial charge in [-0.3, -0.25) is 25.7 Å². The molecule has 1 fully saturated rings. The fourth-order valence-corrected chi connectivity index (χ4v) is 1.34. The highest BCUT2D eigenvalue weighted by atomic mass is 16.6. The van der Waals surface area contributed by atoms with Crippen LogP contribution in [0.4, 0.5) is 17.1 Å². The van der Waals surface area contributed by atoms with Gasteiger partial charge in [0.15, 0.2) is 0 Å². The van der Waals surface area contributed by atoms with Gasteiger partial charge in [0.05, 0.1) is 15.9 Å². The molecule has 0 aromatic heterocycles. The molecule has 1 aromatic rings. The molecule has 1 N–H and O–H groups in total. The van der Waals surface area contributed by atoms with Gasteiger partial charge < -0.3 is 0 Å². The highest BCUT2D eigenvalue weighted by Gasteiger charge is 2.20. The summed E-state index contributed by atoms with van der Waals surface area (Å²) in [4.78, 5) is 20.0. The van der Waals surface area contributed by atoms with Gasteiger partial charge in [-0.2, -0.15) is 5.10 Å². The molecule has 0 radical (unpaired) electrons. The van der Waals surface area contributed by atoms with Crippen LogP contribution in [-0.2, 0) is 0 Å². The highest BCUT2D eigenvalue weighted by molar-refractivity contribution is 5.69. The summed E-state index contributed by atoms with van der Waals surface area (Å²) in [7, 11) is 0. The van der Waals surface area contributed by atoms with Crippen LogP contribution in [0.1, 0.15) is 12.8 Å². The molecule has 0 bridgehead atoms. The first-order chi connectivity index (χ1) is 8.58. The number of hydrogen-bond acceptors (Lipinski definition) is 6. The van der Waals surface area contributed by atoms with Gasteiger partial charge in [0, 0.05) is 12.3 Å². The molecule has 0 aliphatic heterocycles. The molecule has 0 amide bonds. The van der Waals surface area contributed by atoms with Crippen molar-refractivity contribution >= 4 is 23.3 Å². The first kappa shape index (κ1) is 12.0. The van der Waals surface area contributed by atoms with Gasteiger partial charge in [-0.05, 0) is 24.8 Å². The number of nitrogens with zero attached hydrogens (tertiary/aromatic N) is 3. The summed E-state index contributed by atoms with van der Waals surface area (Å²) in [6.45, 7) is 0. The van der Waals surface area contributed by atoms with Crippen LogP contribution in [0.25, 0.3) is 0 Å². The second-order valence-corrected chi connectivity index (χ2v) is 3.94. The van der Waals surface area contributed by atoms with Crippen molar-refractivity contribution in [2.75, 3.05) is 5.43 Å². The summed E-state index contributed by atoms with van der Waals surface area (Å²) in [6.07, 6.45) is 3.84. The maximum absolute atomic E-state index is 10.8. The zero-order chi connectivity index (χ0) is 13.1. The van der Waals surface area contributed by atoms with E-state index in [9.17, 15) is 20.2 Å². The average molecular weight is 250 g/mol. The molecule has 0 spiro atoms. The smallest absolute Gasteiger partial charge is 0.272 e. The van der Waals surface area contributed by atoms with Crippen molar-refractivity contribution in [2.24, 2.45) is 11.0 Å². The molecule has 0 unspecified atom stereocenters. The zero-order valence-electron chi connectivity index (χ0n) is 9.28. The Morgan fingerprint density at radius 1 is 1.28 bits per heavy atom. The number of benzene rings is 1. The SMILES string of the molecule is O=[N+]([O-])c1ccc(NN=CC2CC2)c([N+](=O)[O-])c1. The van der Waals surface area contributed by atoms with Gasteiger partial charge in [0.2, 0.25) is 0 Å². The van der Waals surface area contributed by atoms with Gasteiger partial charge in [0.1, 0.15) is 5.69 Å². The van der Waals surface area contributed by atoms with Crippen LogP contribution in [0, 0.1) is 26.1 Å². The minimum Gasteiger partial charge on any atom is -0.272 e. The van der Waals surface area contributed by atoms with Crippen molar-refractivity contribution in [1.82, 2.24) is 0 Å². The predicted octanol–water partition coefficient (Wildman–Crippen LogP) is 2.31. The average Bonchev–Trinajstić information content (AvgIpc) is 3.13. The van der Waals surface area contributed by atoms with Crippen LogP contribution >= 0.6 is 0 Å². The Labute approximate surface area is 102 Å². The Bertz CT molecular complexity index is 525. The molecule has 1 aliphatic carbocycles.